The van der Waals surface area contributed by atoms with Crippen LogP contribution in [0.25, 0.3) is 0 Å². The molecule has 0 saturated heterocycles. The van der Waals surface area contributed by atoms with E-state index in [0.717, 1.165) is 37.0 Å². The molecule has 2 aliphatic rings. The van der Waals surface area contributed by atoms with Gasteiger partial charge in [-0.25, -0.2) is 9.67 Å². The fraction of sp³-hybridized carbons (Fsp3) is 0.800. The predicted octanol–water partition coefficient (Wildman–Crippen LogP) is 1.43. The predicted molar refractivity (Wildman–Crippen MR) is 83.5 cm³/mol. The number of nitrogens with zero attached hydrogens (tertiary/aromatic N) is 4. The van der Waals surface area contributed by atoms with Crippen LogP contribution in [0.5, 0.6) is 0 Å². The maximum Gasteiger partial charge on any atom is 0.191 e. The van der Waals surface area contributed by atoms with Crippen molar-refractivity contribution >= 4 is 5.96 Å². The number of aromatic nitrogens is 3. The zero-order chi connectivity index (χ0) is 14.8. The number of aryl methyl sites for hydroxylation is 1. The molecule has 21 heavy (non-hydrogen) atoms. The van der Waals surface area contributed by atoms with Crippen molar-refractivity contribution in [3.63, 3.8) is 0 Å². The summed E-state index contributed by atoms with van der Waals surface area (Å²) in [6, 6.07) is 0.986. The van der Waals surface area contributed by atoms with Crippen molar-refractivity contribution in [1.82, 2.24) is 25.4 Å². The van der Waals surface area contributed by atoms with E-state index in [-0.39, 0.29) is 0 Å². The fourth-order valence-electron chi connectivity index (χ4n) is 2.80. The summed E-state index contributed by atoms with van der Waals surface area (Å²) in [5.74, 6) is 3.40. The Morgan fingerprint density at radius 1 is 1.24 bits per heavy atom. The van der Waals surface area contributed by atoms with E-state index in [2.05, 4.69) is 44.2 Å². The van der Waals surface area contributed by atoms with Crippen LogP contribution in [-0.4, -0.2) is 39.9 Å². The van der Waals surface area contributed by atoms with Gasteiger partial charge in [-0.15, -0.1) is 0 Å². The van der Waals surface area contributed by atoms with Crippen LogP contribution in [0.1, 0.15) is 57.1 Å². The van der Waals surface area contributed by atoms with Gasteiger partial charge in [0, 0.05) is 31.5 Å². The van der Waals surface area contributed by atoms with E-state index in [0.29, 0.717) is 18.0 Å². The van der Waals surface area contributed by atoms with Gasteiger partial charge in [-0.3, -0.25) is 4.99 Å². The Hall–Kier alpha value is -1.59. The van der Waals surface area contributed by atoms with Gasteiger partial charge < -0.3 is 10.6 Å². The third-order valence-electron chi connectivity index (χ3n) is 4.40. The Bertz CT molecular complexity index is 514. The van der Waals surface area contributed by atoms with Crippen LogP contribution >= 0.6 is 0 Å². The van der Waals surface area contributed by atoms with Crippen molar-refractivity contribution in [3.05, 3.63) is 11.6 Å². The normalized spacial score (nSPS) is 22.9. The summed E-state index contributed by atoms with van der Waals surface area (Å²) in [5.41, 5.74) is 0. The molecule has 1 unspecified atom stereocenters. The molecule has 1 aromatic rings. The number of hydrogen-bond donors (Lipinski definition) is 2. The number of rotatable bonds is 3. The molecule has 1 aliphatic heterocycles. The van der Waals surface area contributed by atoms with Crippen molar-refractivity contribution < 1.29 is 0 Å². The quantitative estimate of drug-likeness (QED) is 0.653. The van der Waals surface area contributed by atoms with E-state index in [1.54, 1.807) is 0 Å². The Kier molecular flexibility index (Phi) is 4.12. The zero-order valence-corrected chi connectivity index (χ0v) is 13.3. The summed E-state index contributed by atoms with van der Waals surface area (Å²) < 4.78 is 2.06. The second kappa shape index (κ2) is 6.03. The third-order valence-corrected chi connectivity index (χ3v) is 4.40. The lowest BCUT2D eigenvalue weighted by molar-refractivity contribution is 0.363. The lowest BCUT2D eigenvalue weighted by Crippen LogP contribution is -2.51. The van der Waals surface area contributed by atoms with Crippen molar-refractivity contribution in [2.75, 3.05) is 7.05 Å². The summed E-state index contributed by atoms with van der Waals surface area (Å²) in [6.45, 7) is 5.16. The fourth-order valence-corrected chi connectivity index (χ4v) is 2.80. The van der Waals surface area contributed by atoms with Crippen LogP contribution in [0.2, 0.25) is 0 Å². The Balaban J connectivity index is 1.59. The lowest BCUT2D eigenvalue weighted by Gasteiger charge is -2.31. The summed E-state index contributed by atoms with van der Waals surface area (Å²) in [5, 5.41) is 11.7. The zero-order valence-electron chi connectivity index (χ0n) is 13.3. The van der Waals surface area contributed by atoms with Crippen LogP contribution in [0, 0.1) is 0 Å². The van der Waals surface area contributed by atoms with E-state index in [1.807, 2.05) is 7.05 Å². The molecule has 0 radical (unpaired) electrons. The first kappa shape index (κ1) is 14.4. The summed E-state index contributed by atoms with van der Waals surface area (Å²) in [4.78, 5) is 8.98. The number of fused-ring (bicyclic) bond motifs is 1. The highest BCUT2D eigenvalue weighted by Crippen LogP contribution is 2.19. The molecule has 0 aromatic carbocycles. The molecular formula is C15H26N6. The van der Waals surface area contributed by atoms with Gasteiger partial charge in [0.05, 0.1) is 6.54 Å². The molecule has 0 spiro atoms. The van der Waals surface area contributed by atoms with Crippen LogP contribution in [-0.2, 0) is 13.0 Å². The monoisotopic (exact) mass is 290 g/mol. The van der Waals surface area contributed by atoms with Gasteiger partial charge >= 0.3 is 0 Å². The first-order valence-electron chi connectivity index (χ1n) is 8.09. The van der Waals surface area contributed by atoms with Gasteiger partial charge in [-0.05, 0) is 25.7 Å². The van der Waals surface area contributed by atoms with E-state index in [1.165, 1.54) is 19.3 Å². The molecule has 116 valence electrons. The highest BCUT2D eigenvalue weighted by Gasteiger charge is 2.24. The molecule has 6 nitrogen and oxygen atoms in total. The maximum atomic E-state index is 4.63. The highest BCUT2D eigenvalue weighted by atomic mass is 15.4. The van der Waals surface area contributed by atoms with Crippen molar-refractivity contribution in [1.29, 1.82) is 0 Å². The van der Waals surface area contributed by atoms with Crippen LogP contribution in [0.4, 0.5) is 0 Å². The van der Waals surface area contributed by atoms with Gasteiger partial charge in [0.2, 0.25) is 0 Å². The van der Waals surface area contributed by atoms with E-state index >= 15 is 0 Å². The smallest absolute Gasteiger partial charge is 0.191 e. The standard InChI is InChI=1S/C15H26N6/c1-10(2)14-19-13-8-7-12(9-21(13)20-14)18-15(16-3)17-11-5-4-6-11/h10-12H,4-9H2,1-3H3,(H2,16,17,18). The summed E-state index contributed by atoms with van der Waals surface area (Å²) in [6.07, 6.45) is 5.92. The van der Waals surface area contributed by atoms with Crippen LogP contribution in [0.3, 0.4) is 0 Å². The van der Waals surface area contributed by atoms with Gasteiger partial charge in [0.25, 0.3) is 0 Å². The molecule has 1 atom stereocenters. The SMILES string of the molecule is CN=C(NC1CCC1)NC1CCc2nc(C(C)C)nn2C1. The second-order valence-corrected chi connectivity index (χ2v) is 6.45. The molecule has 3 rings (SSSR count). The van der Waals surface area contributed by atoms with E-state index in [9.17, 15) is 0 Å². The molecule has 1 aliphatic carbocycles. The molecule has 1 aromatic heterocycles. The van der Waals surface area contributed by atoms with Crippen LogP contribution in [0.15, 0.2) is 4.99 Å². The topological polar surface area (TPSA) is 67.1 Å². The molecule has 1 saturated carbocycles. The Labute approximate surface area is 126 Å². The Morgan fingerprint density at radius 2 is 2.00 bits per heavy atom. The number of hydrogen-bond acceptors (Lipinski definition) is 3. The largest absolute Gasteiger partial charge is 0.354 e. The first-order chi connectivity index (χ1) is 10.2. The van der Waals surface area contributed by atoms with Crippen molar-refractivity contribution in [3.8, 4) is 0 Å². The average Bonchev–Trinajstić information content (AvgIpc) is 2.84. The third kappa shape index (κ3) is 3.19. The van der Waals surface area contributed by atoms with Crippen molar-refractivity contribution in [2.24, 2.45) is 4.99 Å². The van der Waals surface area contributed by atoms with Gasteiger partial charge in [-0.2, -0.15) is 5.10 Å². The lowest BCUT2D eigenvalue weighted by atomic mass is 9.93. The maximum absolute atomic E-state index is 4.63. The minimum absolute atomic E-state index is 0.380. The first-order valence-corrected chi connectivity index (χ1v) is 8.09. The van der Waals surface area contributed by atoms with Gasteiger partial charge in [0.1, 0.15) is 5.82 Å². The summed E-state index contributed by atoms with van der Waals surface area (Å²) in [7, 11) is 1.84. The average molecular weight is 290 g/mol. The molecule has 1 fully saturated rings. The molecule has 2 N–H and O–H groups in total. The molecule has 2 heterocycles. The number of aliphatic imine (C=N–C) groups is 1. The minimum atomic E-state index is 0.380. The Morgan fingerprint density at radius 3 is 2.62 bits per heavy atom. The van der Waals surface area contributed by atoms with E-state index in [4.69, 9.17) is 0 Å². The van der Waals surface area contributed by atoms with Crippen LogP contribution < -0.4 is 10.6 Å². The van der Waals surface area contributed by atoms with E-state index < -0.39 is 0 Å². The molecular weight excluding hydrogens is 264 g/mol. The number of nitrogens with one attached hydrogen (secondary N) is 2. The second-order valence-electron chi connectivity index (χ2n) is 6.45. The minimum Gasteiger partial charge on any atom is -0.354 e. The molecule has 0 amide bonds. The molecule has 6 heteroatoms. The van der Waals surface area contributed by atoms with Gasteiger partial charge in [0.15, 0.2) is 11.8 Å². The van der Waals surface area contributed by atoms with Gasteiger partial charge in [-0.1, -0.05) is 13.8 Å². The summed E-state index contributed by atoms with van der Waals surface area (Å²) >= 11 is 0. The van der Waals surface area contributed by atoms with Crippen molar-refractivity contribution in [2.45, 2.75) is 70.5 Å². The molecule has 0 bridgehead atoms. The number of guanidine groups is 1. The highest BCUT2D eigenvalue weighted by molar-refractivity contribution is 5.80.